The minimum absolute atomic E-state index is 0.328. The minimum atomic E-state index is 0.328. The first kappa shape index (κ1) is 14.1. The Bertz CT molecular complexity index is 485. The fraction of sp³-hybridized carbons (Fsp3) is 0.688. The average Bonchev–Trinajstić information content (AvgIpc) is 3.10. The van der Waals surface area contributed by atoms with Gasteiger partial charge in [0.15, 0.2) is 0 Å². The van der Waals surface area contributed by atoms with Crippen molar-refractivity contribution in [1.29, 1.82) is 0 Å². The molecule has 20 heavy (non-hydrogen) atoms. The fourth-order valence-corrected chi connectivity index (χ4v) is 4.64. The van der Waals surface area contributed by atoms with Crippen molar-refractivity contribution < 1.29 is 4.79 Å². The highest BCUT2D eigenvalue weighted by atomic mass is 32.1. The van der Waals surface area contributed by atoms with Crippen LogP contribution in [0.5, 0.6) is 0 Å². The van der Waals surface area contributed by atoms with E-state index in [1.807, 2.05) is 0 Å². The number of carbonyl (C=O) groups is 1. The van der Waals surface area contributed by atoms with Crippen LogP contribution in [0.25, 0.3) is 0 Å². The third kappa shape index (κ3) is 2.77. The molecule has 2 aliphatic heterocycles. The zero-order chi connectivity index (χ0) is 14.1. The number of carbonyl (C=O) groups excluding carboxylic acids is 1. The number of likely N-dealkylation sites (tertiary alicyclic amines) is 2. The summed E-state index contributed by atoms with van der Waals surface area (Å²) < 4.78 is 0. The van der Waals surface area contributed by atoms with Gasteiger partial charge in [0.25, 0.3) is 0 Å². The Balaban J connectivity index is 1.67. The first-order valence-corrected chi connectivity index (χ1v) is 8.52. The lowest BCUT2D eigenvalue weighted by atomic mass is 10.0. The second kappa shape index (κ2) is 5.86. The highest BCUT2D eigenvalue weighted by molar-refractivity contribution is 7.12. The van der Waals surface area contributed by atoms with Gasteiger partial charge < -0.3 is 9.80 Å². The van der Waals surface area contributed by atoms with Gasteiger partial charge in [-0.25, -0.2) is 0 Å². The molecule has 2 atom stereocenters. The lowest BCUT2D eigenvalue weighted by Gasteiger charge is -2.33. The molecule has 1 aromatic rings. The van der Waals surface area contributed by atoms with E-state index < -0.39 is 0 Å². The van der Waals surface area contributed by atoms with Crippen LogP contribution in [-0.4, -0.2) is 47.9 Å². The summed E-state index contributed by atoms with van der Waals surface area (Å²) in [5, 5.41) is 0. The molecule has 0 aromatic carbocycles. The Kier molecular flexibility index (Phi) is 4.13. The standard InChI is InChI=1S/C16H24N2OS/c1-12-7-8-13(20-12)11-16(19)18-10-4-6-15(18)14-5-3-9-17(14)2/h7-8,14-15H,3-6,9-11H2,1-2H3/t14-,15+/m0/s1. The van der Waals surface area contributed by atoms with Crippen LogP contribution in [-0.2, 0) is 11.2 Å². The van der Waals surface area contributed by atoms with Gasteiger partial charge in [-0.3, -0.25) is 4.79 Å². The Morgan fingerprint density at radius 2 is 2.00 bits per heavy atom. The maximum absolute atomic E-state index is 12.6. The number of rotatable bonds is 3. The summed E-state index contributed by atoms with van der Waals surface area (Å²) in [4.78, 5) is 19.7. The second-order valence-electron chi connectivity index (χ2n) is 6.18. The highest BCUT2D eigenvalue weighted by Gasteiger charge is 2.38. The quantitative estimate of drug-likeness (QED) is 0.855. The van der Waals surface area contributed by atoms with Crippen LogP contribution in [0.3, 0.4) is 0 Å². The number of aryl methyl sites for hydroxylation is 1. The van der Waals surface area contributed by atoms with Gasteiger partial charge in [-0.05, 0) is 58.3 Å². The molecule has 2 saturated heterocycles. The summed E-state index contributed by atoms with van der Waals surface area (Å²) in [6.07, 6.45) is 5.48. The Morgan fingerprint density at radius 1 is 1.25 bits per heavy atom. The average molecular weight is 292 g/mol. The van der Waals surface area contributed by atoms with Crippen molar-refractivity contribution >= 4 is 17.2 Å². The highest BCUT2D eigenvalue weighted by Crippen LogP contribution is 2.29. The Labute approximate surface area is 125 Å². The zero-order valence-electron chi connectivity index (χ0n) is 12.5. The molecule has 3 heterocycles. The number of nitrogens with zero attached hydrogens (tertiary/aromatic N) is 2. The van der Waals surface area contributed by atoms with E-state index >= 15 is 0 Å². The number of hydrogen-bond donors (Lipinski definition) is 0. The molecule has 3 nitrogen and oxygen atoms in total. The molecule has 0 N–H and O–H groups in total. The molecule has 0 saturated carbocycles. The maximum atomic E-state index is 12.6. The van der Waals surface area contributed by atoms with E-state index in [0.717, 1.165) is 6.54 Å². The van der Waals surface area contributed by atoms with Crippen LogP contribution in [0.1, 0.15) is 35.4 Å². The van der Waals surface area contributed by atoms with Crippen molar-refractivity contribution in [1.82, 2.24) is 9.80 Å². The normalized spacial score (nSPS) is 27.4. The summed E-state index contributed by atoms with van der Waals surface area (Å²) in [6, 6.07) is 5.26. The molecule has 1 amide bonds. The molecule has 0 unspecified atom stereocenters. The van der Waals surface area contributed by atoms with Crippen molar-refractivity contribution in [3.8, 4) is 0 Å². The van der Waals surface area contributed by atoms with Crippen molar-refractivity contribution in [3.05, 3.63) is 21.9 Å². The Hall–Kier alpha value is -0.870. The zero-order valence-corrected chi connectivity index (χ0v) is 13.3. The summed E-state index contributed by atoms with van der Waals surface area (Å²) in [7, 11) is 2.21. The maximum Gasteiger partial charge on any atom is 0.228 e. The molecule has 0 radical (unpaired) electrons. The van der Waals surface area contributed by atoms with E-state index in [4.69, 9.17) is 0 Å². The van der Waals surface area contributed by atoms with Crippen molar-refractivity contribution in [3.63, 3.8) is 0 Å². The molecule has 0 bridgehead atoms. The molecule has 2 aliphatic rings. The van der Waals surface area contributed by atoms with E-state index in [1.165, 1.54) is 42.0 Å². The van der Waals surface area contributed by atoms with E-state index in [1.54, 1.807) is 11.3 Å². The molecular weight excluding hydrogens is 268 g/mol. The van der Waals surface area contributed by atoms with Crippen LogP contribution >= 0.6 is 11.3 Å². The molecule has 3 rings (SSSR count). The molecule has 1 aromatic heterocycles. The van der Waals surface area contributed by atoms with E-state index in [2.05, 4.69) is 35.9 Å². The van der Waals surface area contributed by atoms with Gasteiger partial charge in [0.1, 0.15) is 0 Å². The molecule has 2 fully saturated rings. The number of amides is 1. The fourth-order valence-electron chi connectivity index (χ4n) is 3.76. The third-order valence-corrected chi connectivity index (χ3v) is 5.76. The molecule has 110 valence electrons. The van der Waals surface area contributed by atoms with Gasteiger partial charge in [-0.1, -0.05) is 0 Å². The van der Waals surface area contributed by atoms with Gasteiger partial charge in [-0.15, -0.1) is 11.3 Å². The van der Waals surface area contributed by atoms with Crippen LogP contribution in [0.4, 0.5) is 0 Å². The molecule has 0 spiro atoms. The van der Waals surface area contributed by atoms with Crippen LogP contribution in [0.2, 0.25) is 0 Å². The monoisotopic (exact) mass is 292 g/mol. The molecule has 4 heteroatoms. The van der Waals surface area contributed by atoms with Crippen molar-refractivity contribution in [2.24, 2.45) is 0 Å². The van der Waals surface area contributed by atoms with Crippen LogP contribution in [0, 0.1) is 6.92 Å². The largest absolute Gasteiger partial charge is 0.338 e. The van der Waals surface area contributed by atoms with E-state index in [9.17, 15) is 4.79 Å². The minimum Gasteiger partial charge on any atom is -0.338 e. The lowest BCUT2D eigenvalue weighted by molar-refractivity contribution is -0.132. The number of thiophene rings is 1. The van der Waals surface area contributed by atoms with Gasteiger partial charge in [0.2, 0.25) is 5.91 Å². The summed E-state index contributed by atoms with van der Waals surface area (Å²) >= 11 is 1.75. The topological polar surface area (TPSA) is 23.6 Å². The summed E-state index contributed by atoms with van der Waals surface area (Å²) in [6.45, 7) is 4.25. The second-order valence-corrected chi connectivity index (χ2v) is 7.55. The SMILES string of the molecule is Cc1ccc(CC(=O)N2CCC[C@@H]2[C@@H]2CCCN2C)s1. The first-order chi connectivity index (χ1) is 9.65. The van der Waals surface area contributed by atoms with Gasteiger partial charge in [0.05, 0.1) is 6.42 Å². The van der Waals surface area contributed by atoms with Gasteiger partial charge in [0, 0.05) is 28.4 Å². The smallest absolute Gasteiger partial charge is 0.228 e. The van der Waals surface area contributed by atoms with E-state index in [0.29, 0.717) is 24.4 Å². The molecular formula is C16H24N2OS. The Morgan fingerprint density at radius 3 is 2.65 bits per heavy atom. The number of hydrogen-bond acceptors (Lipinski definition) is 3. The van der Waals surface area contributed by atoms with Gasteiger partial charge >= 0.3 is 0 Å². The predicted octanol–water partition coefficient (Wildman–Crippen LogP) is 2.68. The molecule has 0 aliphatic carbocycles. The van der Waals surface area contributed by atoms with Gasteiger partial charge in [-0.2, -0.15) is 0 Å². The third-order valence-electron chi connectivity index (χ3n) is 4.76. The van der Waals surface area contributed by atoms with Crippen LogP contribution < -0.4 is 0 Å². The van der Waals surface area contributed by atoms with Crippen molar-refractivity contribution in [2.75, 3.05) is 20.1 Å². The summed E-state index contributed by atoms with van der Waals surface area (Å²) in [5.74, 6) is 0.328. The van der Waals surface area contributed by atoms with Crippen molar-refractivity contribution in [2.45, 2.75) is 51.1 Å². The predicted molar refractivity (Wildman–Crippen MR) is 83.1 cm³/mol. The van der Waals surface area contributed by atoms with E-state index in [-0.39, 0.29) is 0 Å². The lowest BCUT2D eigenvalue weighted by Crippen LogP contribution is -2.47. The van der Waals surface area contributed by atoms with Crippen LogP contribution in [0.15, 0.2) is 12.1 Å². The first-order valence-electron chi connectivity index (χ1n) is 7.70. The summed E-state index contributed by atoms with van der Waals surface area (Å²) in [5.41, 5.74) is 0. The number of likely N-dealkylation sites (N-methyl/N-ethyl adjacent to an activating group) is 1.